The molecule has 2 aromatic rings. The van der Waals surface area contributed by atoms with E-state index >= 15 is 0 Å². The fraction of sp³-hybridized carbons (Fsp3) is 0.294. The molecule has 0 fully saturated rings. The first-order valence-electron chi connectivity index (χ1n) is 7.22. The molecule has 0 saturated carbocycles. The number of pyridine rings is 1. The maximum Gasteiger partial charge on any atom is 0.145 e. The van der Waals surface area contributed by atoms with Crippen LogP contribution in [0.2, 0.25) is 5.02 Å². The minimum atomic E-state index is -0.173. The second kappa shape index (κ2) is 8.91. The summed E-state index contributed by atoms with van der Waals surface area (Å²) in [5.41, 5.74) is 2.88. The number of aliphatic hydroxyl groups is 1. The van der Waals surface area contributed by atoms with E-state index in [1.165, 1.54) is 5.56 Å². The number of aryl methyl sites for hydroxylation is 1. The van der Waals surface area contributed by atoms with Gasteiger partial charge in [-0.25, -0.2) is 0 Å². The molecule has 0 aliphatic heterocycles. The third-order valence-corrected chi connectivity index (χ3v) is 4.56. The minimum absolute atomic E-state index is 0.0779. The Morgan fingerprint density at radius 2 is 2.04 bits per heavy atom. The van der Waals surface area contributed by atoms with Crippen LogP contribution in [-0.4, -0.2) is 33.7 Å². The molecule has 1 aromatic heterocycles. The van der Waals surface area contributed by atoms with Gasteiger partial charge in [-0.3, -0.25) is 9.98 Å². The van der Waals surface area contributed by atoms with E-state index < -0.39 is 0 Å². The summed E-state index contributed by atoms with van der Waals surface area (Å²) in [6, 6.07) is 7.81. The standard InChI is InChI=1S/C17H19ClN2O2S/c1-12-17(22)16(14(10-21)8-20-12)9-19-6-7-23-11-13-2-4-15(18)5-3-13/h2-5,8-9,21-22H,6-7,10-11H2,1H3. The molecule has 122 valence electrons. The Labute approximate surface area is 145 Å². The largest absolute Gasteiger partial charge is 0.505 e. The number of thioether (sulfide) groups is 1. The molecule has 0 atom stereocenters. The maximum absolute atomic E-state index is 10.0. The Morgan fingerprint density at radius 3 is 2.74 bits per heavy atom. The Hall–Kier alpha value is -1.56. The molecule has 0 radical (unpaired) electrons. The molecule has 1 aromatic carbocycles. The number of hydrogen-bond acceptors (Lipinski definition) is 5. The molecule has 0 saturated heterocycles. The molecule has 6 heteroatoms. The first kappa shape index (κ1) is 17.8. The van der Waals surface area contributed by atoms with Crippen LogP contribution < -0.4 is 0 Å². The summed E-state index contributed by atoms with van der Waals surface area (Å²) in [4.78, 5) is 8.35. The van der Waals surface area contributed by atoms with Crippen molar-refractivity contribution >= 4 is 29.6 Å². The first-order valence-corrected chi connectivity index (χ1v) is 8.75. The van der Waals surface area contributed by atoms with E-state index in [9.17, 15) is 10.2 Å². The fourth-order valence-corrected chi connectivity index (χ4v) is 2.90. The van der Waals surface area contributed by atoms with Crippen LogP contribution in [0.5, 0.6) is 5.75 Å². The third kappa shape index (κ3) is 5.23. The average molecular weight is 351 g/mol. The van der Waals surface area contributed by atoms with Crippen molar-refractivity contribution in [3.63, 3.8) is 0 Å². The van der Waals surface area contributed by atoms with Crippen molar-refractivity contribution in [1.29, 1.82) is 0 Å². The number of aliphatic imine (C=N–C) groups is 1. The van der Waals surface area contributed by atoms with Crippen LogP contribution in [0.1, 0.15) is 22.4 Å². The first-order chi connectivity index (χ1) is 11.1. The van der Waals surface area contributed by atoms with Crippen LogP contribution in [0.25, 0.3) is 0 Å². The highest BCUT2D eigenvalue weighted by Crippen LogP contribution is 2.22. The van der Waals surface area contributed by atoms with Gasteiger partial charge in [0.1, 0.15) is 5.75 Å². The van der Waals surface area contributed by atoms with Gasteiger partial charge in [-0.2, -0.15) is 11.8 Å². The van der Waals surface area contributed by atoms with Crippen LogP contribution >= 0.6 is 23.4 Å². The zero-order valence-electron chi connectivity index (χ0n) is 12.9. The summed E-state index contributed by atoms with van der Waals surface area (Å²) in [7, 11) is 0. The highest BCUT2D eigenvalue weighted by Gasteiger charge is 2.08. The SMILES string of the molecule is Cc1ncc(CO)c(C=NCCSCc2ccc(Cl)cc2)c1O. The van der Waals surface area contributed by atoms with E-state index in [-0.39, 0.29) is 12.4 Å². The number of hydrogen-bond donors (Lipinski definition) is 2. The van der Waals surface area contributed by atoms with E-state index in [1.807, 2.05) is 24.3 Å². The Balaban J connectivity index is 1.83. The monoisotopic (exact) mass is 350 g/mol. The molecular weight excluding hydrogens is 332 g/mol. The van der Waals surface area contributed by atoms with Crippen LogP contribution in [0.3, 0.4) is 0 Å². The Morgan fingerprint density at radius 1 is 1.30 bits per heavy atom. The van der Waals surface area contributed by atoms with Crippen molar-refractivity contribution in [3.05, 3.63) is 57.9 Å². The average Bonchev–Trinajstić information content (AvgIpc) is 2.56. The van der Waals surface area contributed by atoms with E-state index in [0.29, 0.717) is 23.4 Å². The molecule has 2 N–H and O–H groups in total. The van der Waals surface area contributed by atoms with Crippen molar-refractivity contribution < 1.29 is 10.2 Å². The lowest BCUT2D eigenvalue weighted by atomic mass is 10.1. The van der Waals surface area contributed by atoms with E-state index in [1.54, 1.807) is 31.1 Å². The molecule has 0 bridgehead atoms. The molecule has 1 heterocycles. The summed E-state index contributed by atoms with van der Waals surface area (Å²) in [6.45, 7) is 2.19. The highest BCUT2D eigenvalue weighted by atomic mass is 35.5. The molecular formula is C17H19ClN2O2S. The third-order valence-electron chi connectivity index (χ3n) is 3.30. The van der Waals surface area contributed by atoms with Gasteiger partial charge in [0.25, 0.3) is 0 Å². The predicted molar refractivity (Wildman–Crippen MR) is 96.6 cm³/mol. The van der Waals surface area contributed by atoms with Gasteiger partial charge in [0.2, 0.25) is 0 Å². The van der Waals surface area contributed by atoms with Gasteiger partial charge in [0.05, 0.1) is 12.3 Å². The molecule has 0 aliphatic rings. The second-order valence-corrected chi connectivity index (χ2v) is 6.55. The van der Waals surface area contributed by atoms with Gasteiger partial charge in [-0.05, 0) is 24.6 Å². The van der Waals surface area contributed by atoms with Crippen molar-refractivity contribution in [2.24, 2.45) is 4.99 Å². The zero-order chi connectivity index (χ0) is 16.7. The van der Waals surface area contributed by atoms with Crippen LogP contribution in [0.15, 0.2) is 35.5 Å². The van der Waals surface area contributed by atoms with Crippen molar-refractivity contribution in [2.75, 3.05) is 12.3 Å². The maximum atomic E-state index is 10.0. The van der Waals surface area contributed by atoms with Crippen LogP contribution in [0.4, 0.5) is 0 Å². The van der Waals surface area contributed by atoms with Crippen molar-refractivity contribution in [1.82, 2.24) is 4.98 Å². The lowest BCUT2D eigenvalue weighted by Crippen LogP contribution is -1.99. The van der Waals surface area contributed by atoms with E-state index in [4.69, 9.17) is 11.6 Å². The molecule has 0 spiro atoms. The molecule has 0 aliphatic carbocycles. The molecule has 23 heavy (non-hydrogen) atoms. The lowest BCUT2D eigenvalue weighted by molar-refractivity contribution is 0.280. The number of rotatable bonds is 7. The Bertz CT molecular complexity index is 675. The number of benzene rings is 1. The van der Waals surface area contributed by atoms with Gasteiger partial charge in [0.15, 0.2) is 0 Å². The molecule has 0 amide bonds. The summed E-state index contributed by atoms with van der Waals surface area (Å²) in [5, 5.41) is 20.0. The summed E-state index contributed by atoms with van der Waals surface area (Å²) in [6.07, 6.45) is 3.17. The topological polar surface area (TPSA) is 65.7 Å². The van der Waals surface area contributed by atoms with E-state index in [0.717, 1.165) is 16.5 Å². The summed E-state index contributed by atoms with van der Waals surface area (Å²) in [5.74, 6) is 1.86. The van der Waals surface area contributed by atoms with Gasteiger partial charge in [-0.1, -0.05) is 23.7 Å². The second-order valence-electron chi connectivity index (χ2n) is 5.00. The smallest absolute Gasteiger partial charge is 0.145 e. The van der Waals surface area contributed by atoms with Gasteiger partial charge < -0.3 is 10.2 Å². The Kier molecular flexibility index (Phi) is 6.89. The molecule has 2 rings (SSSR count). The zero-order valence-corrected chi connectivity index (χ0v) is 14.4. The van der Waals surface area contributed by atoms with Crippen molar-refractivity contribution in [3.8, 4) is 5.75 Å². The normalized spacial score (nSPS) is 11.3. The number of nitrogens with zero attached hydrogens (tertiary/aromatic N) is 2. The van der Waals surface area contributed by atoms with E-state index in [2.05, 4.69) is 9.98 Å². The number of halogens is 1. The van der Waals surface area contributed by atoms with Crippen molar-refractivity contribution in [2.45, 2.75) is 19.3 Å². The number of aromatic nitrogens is 1. The van der Waals surface area contributed by atoms with Gasteiger partial charge >= 0.3 is 0 Å². The summed E-state index contributed by atoms with van der Waals surface area (Å²) >= 11 is 7.64. The number of aromatic hydroxyl groups is 1. The number of aliphatic hydroxyl groups excluding tert-OH is 1. The quantitative estimate of drug-likeness (QED) is 0.591. The lowest BCUT2D eigenvalue weighted by Gasteiger charge is -2.07. The molecule has 4 nitrogen and oxygen atoms in total. The van der Waals surface area contributed by atoms with Crippen LogP contribution in [0, 0.1) is 6.92 Å². The molecule has 0 unspecified atom stereocenters. The summed E-state index contributed by atoms with van der Waals surface area (Å²) < 4.78 is 0. The highest BCUT2D eigenvalue weighted by molar-refractivity contribution is 7.98. The minimum Gasteiger partial charge on any atom is -0.505 e. The predicted octanol–water partition coefficient (Wildman–Crippen LogP) is 3.59. The fourth-order valence-electron chi connectivity index (χ4n) is 1.97. The van der Waals surface area contributed by atoms with Gasteiger partial charge in [0, 0.05) is 46.6 Å². The van der Waals surface area contributed by atoms with Crippen LogP contribution in [-0.2, 0) is 12.4 Å². The van der Waals surface area contributed by atoms with Gasteiger partial charge in [-0.15, -0.1) is 0 Å².